The van der Waals surface area contributed by atoms with Crippen LogP contribution in [0, 0.1) is 5.41 Å². The van der Waals surface area contributed by atoms with E-state index < -0.39 is 0 Å². The topological polar surface area (TPSA) is 88.6 Å². The summed E-state index contributed by atoms with van der Waals surface area (Å²) in [5.41, 5.74) is 5.98. The smallest absolute Gasteiger partial charge is 0.260 e. The minimum Gasteiger partial charge on any atom is -0.484 e. The zero-order valence-electron chi connectivity index (χ0n) is 11.0. The molecule has 0 atom stereocenters. The van der Waals surface area contributed by atoms with Crippen LogP contribution in [0.25, 0.3) is 0 Å². The third-order valence-corrected chi connectivity index (χ3v) is 2.89. The lowest BCUT2D eigenvalue weighted by molar-refractivity contribution is -0.137. The molecule has 0 spiro atoms. The van der Waals surface area contributed by atoms with Crippen LogP contribution in [0.15, 0.2) is 24.3 Å². The summed E-state index contributed by atoms with van der Waals surface area (Å²) >= 11 is 0. The zero-order chi connectivity index (χ0) is 13.7. The molecule has 7 heteroatoms. The number of rotatable bonds is 4. The first-order valence-electron chi connectivity index (χ1n) is 6.09. The van der Waals surface area contributed by atoms with Crippen molar-refractivity contribution in [2.75, 3.05) is 32.9 Å². The van der Waals surface area contributed by atoms with Gasteiger partial charge in [0, 0.05) is 18.7 Å². The Balaban J connectivity index is 0.00000200. The lowest BCUT2D eigenvalue weighted by Gasteiger charge is -2.26. The van der Waals surface area contributed by atoms with Gasteiger partial charge in [-0.15, -0.1) is 12.4 Å². The van der Waals surface area contributed by atoms with E-state index in [1.165, 1.54) is 0 Å². The maximum absolute atomic E-state index is 11.8. The highest BCUT2D eigenvalue weighted by Gasteiger charge is 2.16. The van der Waals surface area contributed by atoms with Gasteiger partial charge in [0.2, 0.25) is 0 Å². The Morgan fingerprint density at radius 1 is 1.30 bits per heavy atom. The van der Waals surface area contributed by atoms with Gasteiger partial charge in [0.05, 0.1) is 13.2 Å². The van der Waals surface area contributed by atoms with Crippen LogP contribution >= 0.6 is 12.4 Å². The van der Waals surface area contributed by atoms with E-state index in [1.54, 1.807) is 29.2 Å². The second-order valence-electron chi connectivity index (χ2n) is 4.22. The Morgan fingerprint density at radius 2 is 1.90 bits per heavy atom. The highest BCUT2D eigenvalue weighted by molar-refractivity contribution is 5.94. The summed E-state index contributed by atoms with van der Waals surface area (Å²) < 4.78 is 10.6. The molecule has 0 saturated carbocycles. The largest absolute Gasteiger partial charge is 0.484 e. The van der Waals surface area contributed by atoms with Crippen LogP contribution in [0.5, 0.6) is 5.75 Å². The monoisotopic (exact) mass is 299 g/mol. The fourth-order valence-electron chi connectivity index (χ4n) is 1.78. The summed E-state index contributed by atoms with van der Waals surface area (Å²) in [6.45, 7) is 2.41. The Kier molecular flexibility index (Phi) is 6.27. The fourth-order valence-corrected chi connectivity index (χ4v) is 1.78. The Hall–Kier alpha value is -1.79. The number of amides is 1. The predicted octanol–water partition coefficient (Wildman–Crippen LogP) is 0.630. The number of morpholine rings is 1. The van der Waals surface area contributed by atoms with Gasteiger partial charge >= 0.3 is 0 Å². The number of nitrogen functional groups attached to an aromatic ring is 1. The minimum absolute atomic E-state index is 0. The number of nitrogens with one attached hydrogen (secondary N) is 1. The van der Waals surface area contributed by atoms with Crippen LogP contribution in [0.4, 0.5) is 0 Å². The molecule has 1 aliphatic rings. The Bertz CT molecular complexity index is 458. The second-order valence-corrected chi connectivity index (χ2v) is 4.22. The van der Waals surface area contributed by atoms with Gasteiger partial charge in [-0.2, -0.15) is 0 Å². The third-order valence-electron chi connectivity index (χ3n) is 2.89. The number of nitrogens with two attached hydrogens (primary N) is 1. The van der Waals surface area contributed by atoms with E-state index in [1.807, 2.05) is 0 Å². The molecular formula is C13H18ClN3O3. The molecular weight excluding hydrogens is 282 g/mol. The van der Waals surface area contributed by atoms with E-state index in [9.17, 15) is 4.79 Å². The van der Waals surface area contributed by atoms with Gasteiger partial charge in [0.25, 0.3) is 5.91 Å². The fraction of sp³-hybridized carbons (Fsp3) is 0.385. The van der Waals surface area contributed by atoms with Crippen LogP contribution < -0.4 is 10.5 Å². The van der Waals surface area contributed by atoms with Gasteiger partial charge < -0.3 is 20.1 Å². The Labute approximate surface area is 123 Å². The molecule has 1 fully saturated rings. The van der Waals surface area contributed by atoms with Gasteiger partial charge in [-0.3, -0.25) is 10.2 Å². The molecule has 0 aliphatic carbocycles. The summed E-state index contributed by atoms with van der Waals surface area (Å²) in [7, 11) is 0. The van der Waals surface area contributed by atoms with Gasteiger partial charge in [-0.1, -0.05) is 0 Å². The summed E-state index contributed by atoms with van der Waals surface area (Å²) in [5, 5.41) is 7.27. The lowest BCUT2D eigenvalue weighted by Crippen LogP contribution is -2.42. The first-order valence-corrected chi connectivity index (χ1v) is 6.09. The standard InChI is InChI=1S/C13H17N3O3.ClH/c14-13(15)10-1-3-11(4-2-10)19-9-12(17)16-5-7-18-8-6-16;/h1-4H,5-9H2,(H3,14,15);1H. The van der Waals surface area contributed by atoms with Crippen molar-refractivity contribution in [2.24, 2.45) is 5.73 Å². The molecule has 1 heterocycles. The maximum Gasteiger partial charge on any atom is 0.260 e. The Morgan fingerprint density at radius 3 is 2.45 bits per heavy atom. The van der Waals surface area contributed by atoms with Crippen LogP contribution in [0.3, 0.4) is 0 Å². The van der Waals surface area contributed by atoms with Crippen molar-refractivity contribution >= 4 is 24.1 Å². The second kappa shape index (κ2) is 7.72. The van der Waals surface area contributed by atoms with E-state index in [4.69, 9.17) is 20.6 Å². The first kappa shape index (κ1) is 16.3. The van der Waals surface area contributed by atoms with Gasteiger partial charge in [0.15, 0.2) is 6.61 Å². The summed E-state index contributed by atoms with van der Waals surface area (Å²) in [5.74, 6) is 0.557. The molecule has 1 aromatic rings. The minimum atomic E-state index is -0.0426. The average Bonchev–Trinajstić information content (AvgIpc) is 2.46. The molecule has 110 valence electrons. The van der Waals surface area contributed by atoms with Gasteiger partial charge in [-0.05, 0) is 24.3 Å². The summed E-state index contributed by atoms with van der Waals surface area (Å²) in [4.78, 5) is 13.6. The first-order chi connectivity index (χ1) is 9.16. The number of carbonyl (C=O) groups excluding carboxylic acids is 1. The van der Waals surface area contributed by atoms with Gasteiger partial charge in [-0.25, -0.2) is 0 Å². The molecule has 3 N–H and O–H groups in total. The number of benzene rings is 1. The van der Waals surface area contributed by atoms with Crippen LogP contribution in [-0.2, 0) is 9.53 Å². The maximum atomic E-state index is 11.8. The highest BCUT2D eigenvalue weighted by Crippen LogP contribution is 2.12. The molecule has 6 nitrogen and oxygen atoms in total. The number of amidine groups is 1. The lowest BCUT2D eigenvalue weighted by atomic mass is 10.2. The number of nitrogens with zero attached hydrogens (tertiary/aromatic N) is 1. The summed E-state index contributed by atoms with van der Waals surface area (Å²) in [6, 6.07) is 6.78. The van der Waals surface area contributed by atoms with E-state index in [0.29, 0.717) is 37.6 Å². The van der Waals surface area contributed by atoms with Crippen molar-refractivity contribution in [1.82, 2.24) is 4.90 Å². The van der Waals surface area contributed by atoms with Crippen LogP contribution in [0.1, 0.15) is 5.56 Å². The van der Waals surface area contributed by atoms with E-state index >= 15 is 0 Å². The van der Waals surface area contributed by atoms with Crippen molar-refractivity contribution in [1.29, 1.82) is 5.41 Å². The molecule has 20 heavy (non-hydrogen) atoms. The number of hydrogen-bond acceptors (Lipinski definition) is 4. The molecule has 2 rings (SSSR count). The predicted molar refractivity (Wildman–Crippen MR) is 77.6 cm³/mol. The van der Waals surface area contributed by atoms with Gasteiger partial charge in [0.1, 0.15) is 11.6 Å². The van der Waals surface area contributed by atoms with Crippen LogP contribution in [-0.4, -0.2) is 49.6 Å². The zero-order valence-corrected chi connectivity index (χ0v) is 11.8. The highest BCUT2D eigenvalue weighted by atomic mass is 35.5. The third kappa shape index (κ3) is 4.40. The molecule has 1 aromatic carbocycles. The molecule has 0 aromatic heterocycles. The number of ether oxygens (including phenoxy) is 2. The number of halogens is 1. The SMILES string of the molecule is Cl.N=C(N)c1ccc(OCC(=O)N2CCOCC2)cc1. The van der Waals surface area contributed by atoms with Crippen molar-refractivity contribution in [2.45, 2.75) is 0 Å². The molecule has 1 saturated heterocycles. The average molecular weight is 300 g/mol. The van der Waals surface area contributed by atoms with E-state index in [2.05, 4.69) is 0 Å². The molecule has 0 bridgehead atoms. The van der Waals surface area contributed by atoms with Crippen molar-refractivity contribution in [3.63, 3.8) is 0 Å². The van der Waals surface area contributed by atoms with E-state index in [0.717, 1.165) is 0 Å². The van der Waals surface area contributed by atoms with Crippen molar-refractivity contribution < 1.29 is 14.3 Å². The van der Waals surface area contributed by atoms with Crippen LogP contribution in [0.2, 0.25) is 0 Å². The quantitative estimate of drug-likeness (QED) is 0.630. The molecule has 0 unspecified atom stereocenters. The molecule has 1 aliphatic heterocycles. The number of carbonyl (C=O) groups is 1. The van der Waals surface area contributed by atoms with E-state index in [-0.39, 0.29) is 30.8 Å². The molecule has 1 amide bonds. The molecule has 0 radical (unpaired) electrons. The van der Waals surface area contributed by atoms with Crippen molar-refractivity contribution in [3.05, 3.63) is 29.8 Å². The number of hydrogen-bond donors (Lipinski definition) is 2. The normalized spacial score (nSPS) is 14.3. The summed E-state index contributed by atoms with van der Waals surface area (Å²) in [6.07, 6.45) is 0. The van der Waals surface area contributed by atoms with Crippen molar-refractivity contribution in [3.8, 4) is 5.75 Å².